The van der Waals surface area contributed by atoms with E-state index >= 15 is 0 Å². The zero-order valence-electron chi connectivity index (χ0n) is 15.4. The highest BCUT2D eigenvalue weighted by molar-refractivity contribution is 7.17. The van der Waals surface area contributed by atoms with Crippen molar-refractivity contribution in [1.29, 1.82) is 0 Å². The van der Waals surface area contributed by atoms with Gasteiger partial charge in [-0.15, -0.1) is 11.3 Å². The van der Waals surface area contributed by atoms with Crippen LogP contribution in [0.3, 0.4) is 0 Å². The maximum Gasteiger partial charge on any atom is 0.242 e. The number of amides is 1. The van der Waals surface area contributed by atoms with Gasteiger partial charge in [-0.25, -0.2) is 9.97 Å². The summed E-state index contributed by atoms with van der Waals surface area (Å²) in [6.45, 7) is 3.80. The van der Waals surface area contributed by atoms with Crippen LogP contribution in [0.1, 0.15) is 19.2 Å². The molecule has 0 spiro atoms. The van der Waals surface area contributed by atoms with Crippen molar-refractivity contribution in [3.05, 3.63) is 41.5 Å². The largest absolute Gasteiger partial charge is 0.377 e. The molecule has 140 valence electrons. The third kappa shape index (κ3) is 3.28. The maximum absolute atomic E-state index is 12.4. The number of carbonyl (C=O) groups is 1. The minimum absolute atomic E-state index is 0.0633. The van der Waals surface area contributed by atoms with E-state index in [1.54, 1.807) is 18.4 Å². The van der Waals surface area contributed by atoms with Gasteiger partial charge in [-0.3, -0.25) is 4.79 Å². The van der Waals surface area contributed by atoms with Crippen LogP contribution in [-0.4, -0.2) is 42.1 Å². The number of methoxy groups -OCH3 is 1. The van der Waals surface area contributed by atoms with Gasteiger partial charge >= 0.3 is 0 Å². The molecular formula is C20H22N4O2S. The summed E-state index contributed by atoms with van der Waals surface area (Å²) >= 11 is 1.60. The highest BCUT2D eigenvalue weighted by Gasteiger charge is 2.32. The van der Waals surface area contributed by atoms with Gasteiger partial charge in [0, 0.05) is 31.1 Å². The highest BCUT2D eigenvalue weighted by atomic mass is 32.1. The zero-order valence-corrected chi connectivity index (χ0v) is 16.3. The Morgan fingerprint density at radius 2 is 2.11 bits per heavy atom. The number of likely N-dealkylation sites (N-methyl/N-ethyl adjacent to an activating group) is 1. The van der Waals surface area contributed by atoms with Crippen molar-refractivity contribution in [3.8, 4) is 11.1 Å². The maximum atomic E-state index is 12.4. The quantitative estimate of drug-likeness (QED) is 0.709. The molecule has 1 fully saturated rings. The van der Waals surface area contributed by atoms with Crippen LogP contribution < -0.4 is 10.2 Å². The average Bonchev–Trinajstić information content (AvgIpc) is 3.30. The van der Waals surface area contributed by atoms with Crippen LogP contribution in [0.25, 0.3) is 21.3 Å². The second kappa shape index (κ2) is 7.62. The van der Waals surface area contributed by atoms with Crippen LogP contribution in [-0.2, 0) is 16.1 Å². The predicted octanol–water partition coefficient (Wildman–Crippen LogP) is 3.22. The second-order valence-electron chi connectivity index (χ2n) is 6.47. The number of nitrogens with zero attached hydrogens (tertiary/aromatic N) is 3. The normalized spacial score (nSPS) is 16.7. The van der Waals surface area contributed by atoms with E-state index in [2.05, 4.69) is 39.6 Å². The molecule has 2 aromatic heterocycles. The molecule has 0 unspecified atom stereocenters. The number of rotatable bonds is 6. The van der Waals surface area contributed by atoms with E-state index in [0.717, 1.165) is 33.6 Å². The molecule has 0 bridgehead atoms. The highest BCUT2D eigenvalue weighted by Crippen LogP contribution is 2.39. The molecule has 4 rings (SSSR count). The fourth-order valence-electron chi connectivity index (χ4n) is 3.59. The molecule has 1 aromatic carbocycles. The van der Waals surface area contributed by atoms with E-state index in [1.165, 1.54) is 0 Å². The van der Waals surface area contributed by atoms with Crippen molar-refractivity contribution in [3.63, 3.8) is 0 Å². The number of hydrogen-bond donors (Lipinski definition) is 1. The van der Waals surface area contributed by atoms with Gasteiger partial charge in [0.1, 0.15) is 23.3 Å². The first-order valence-corrected chi connectivity index (χ1v) is 9.97. The molecule has 7 heteroatoms. The smallest absolute Gasteiger partial charge is 0.242 e. The molecule has 0 aliphatic carbocycles. The number of benzene rings is 1. The summed E-state index contributed by atoms with van der Waals surface area (Å²) in [5, 5.41) is 6.07. The Balaban J connectivity index is 1.92. The minimum Gasteiger partial charge on any atom is -0.377 e. The SMILES string of the molecule is CCN(c1nc(COC)nc2scc(-c3ccccc3)c12)[C@@H]1CCNC1=O. The van der Waals surface area contributed by atoms with Crippen LogP contribution >= 0.6 is 11.3 Å². The van der Waals surface area contributed by atoms with Gasteiger partial charge in [0.2, 0.25) is 5.91 Å². The number of fused-ring (bicyclic) bond motifs is 1. The Morgan fingerprint density at radius 3 is 2.78 bits per heavy atom. The predicted molar refractivity (Wildman–Crippen MR) is 108 cm³/mol. The van der Waals surface area contributed by atoms with Crippen molar-refractivity contribution >= 4 is 33.3 Å². The van der Waals surface area contributed by atoms with Gasteiger partial charge in [-0.05, 0) is 18.9 Å². The third-order valence-electron chi connectivity index (χ3n) is 4.83. The summed E-state index contributed by atoms with van der Waals surface area (Å²) in [4.78, 5) is 24.9. The van der Waals surface area contributed by atoms with Gasteiger partial charge in [0.25, 0.3) is 0 Å². The lowest BCUT2D eigenvalue weighted by Gasteiger charge is -2.28. The van der Waals surface area contributed by atoms with Crippen molar-refractivity contribution < 1.29 is 9.53 Å². The van der Waals surface area contributed by atoms with Gasteiger partial charge in [-0.2, -0.15) is 0 Å². The Labute approximate surface area is 162 Å². The molecule has 1 amide bonds. The van der Waals surface area contributed by atoms with E-state index in [4.69, 9.17) is 9.72 Å². The number of thiophene rings is 1. The lowest BCUT2D eigenvalue weighted by molar-refractivity contribution is -0.120. The fourth-order valence-corrected chi connectivity index (χ4v) is 4.55. The standard InChI is InChI=1S/C20H22N4O2S/c1-3-24(15-9-10-21-19(15)25)18-17-14(13-7-5-4-6-8-13)12-27-20(17)23-16(22-18)11-26-2/h4-8,12,15H,3,9-11H2,1-2H3,(H,21,25)/t15-/m1/s1. The lowest BCUT2D eigenvalue weighted by Crippen LogP contribution is -2.41. The molecule has 0 saturated carbocycles. The fraction of sp³-hybridized carbons (Fsp3) is 0.350. The Hall–Kier alpha value is -2.51. The van der Waals surface area contributed by atoms with E-state index in [0.29, 0.717) is 25.5 Å². The number of hydrogen-bond acceptors (Lipinski definition) is 6. The first-order valence-electron chi connectivity index (χ1n) is 9.09. The number of nitrogens with one attached hydrogen (secondary N) is 1. The van der Waals surface area contributed by atoms with Crippen molar-refractivity contribution in [1.82, 2.24) is 15.3 Å². The summed E-state index contributed by atoms with van der Waals surface area (Å²) < 4.78 is 5.27. The monoisotopic (exact) mass is 382 g/mol. The molecule has 3 aromatic rings. The number of aromatic nitrogens is 2. The van der Waals surface area contributed by atoms with Crippen molar-refractivity contribution in [2.75, 3.05) is 25.1 Å². The summed E-state index contributed by atoms with van der Waals surface area (Å²) in [6, 6.07) is 10.0. The Bertz CT molecular complexity index is 957. The molecule has 1 aliphatic rings. The molecule has 1 aliphatic heterocycles. The molecule has 1 saturated heterocycles. The summed E-state index contributed by atoms with van der Waals surface area (Å²) in [6.07, 6.45) is 0.780. The molecule has 27 heavy (non-hydrogen) atoms. The zero-order chi connectivity index (χ0) is 18.8. The van der Waals surface area contributed by atoms with Gasteiger partial charge in [-0.1, -0.05) is 30.3 Å². The van der Waals surface area contributed by atoms with E-state index in [9.17, 15) is 4.79 Å². The molecule has 3 heterocycles. The first-order chi connectivity index (χ1) is 13.2. The van der Waals surface area contributed by atoms with E-state index in [1.807, 2.05) is 18.2 Å². The van der Waals surface area contributed by atoms with Crippen molar-refractivity contribution in [2.24, 2.45) is 0 Å². The van der Waals surface area contributed by atoms with Gasteiger partial charge in [0.05, 0.1) is 5.39 Å². The van der Waals surface area contributed by atoms with Crippen LogP contribution in [0.15, 0.2) is 35.7 Å². The Kier molecular flexibility index (Phi) is 5.05. The van der Waals surface area contributed by atoms with E-state index in [-0.39, 0.29) is 11.9 Å². The van der Waals surface area contributed by atoms with Crippen LogP contribution in [0.2, 0.25) is 0 Å². The average molecular weight is 382 g/mol. The summed E-state index contributed by atoms with van der Waals surface area (Å²) in [5.41, 5.74) is 2.23. The number of carbonyl (C=O) groups excluding carboxylic acids is 1. The number of anilines is 1. The first kappa shape index (κ1) is 17.9. The molecule has 1 N–H and O–H groups in total. The van der Waals surface area contributed by atoms with Crippen molar-refractivity contribution in [2.45, 2.75) is 26.0 Å². The molecule has 0 radical (unpaired) electrons. The second-order valence-corrected chi connectivity index (χ2v) is 7.33. The molecular weight excluding hydrogens is 360 g/mol. The third-order valence-corrected chi connectivity index (χ3v) is 5.70. The van der Waals surface area contributed by atoms with Gasteiger partial charge in [0.15, 0.2) is 5.82 Å². The molecule has 6 nitrogen and oxygen atoms in total. The summed E-state index contributed by atoms with van der Waals surface area (Å²) in [7, 11) is 1.64. The van der Waals surface area contributed by atoms with Crippen LogP contribution in [0.5, 0.6) is 0 Å². The van der Waals surface area contributed by atoms with Crippen LogP contribution in [0.4, 0.5) is 5.82 Å². The molecule has 1 atom stereocenters. The lowest BCUT2D eigenvalue weighted by atomic mass is 10.1. The Morgan fingerprint density at radius 1 is 1.30 bits per heavy atom. The summed E-state index contributed by atoms with van der Waals surface area (Å²) in [5.74, 6) is 1.52. The van der Waals surface area contributed by atoms with E-state index < -0.39 is 0 Å². The number of ether oxygens (including phenoxy) is 1. The van der Waals surface area contributed by atoms with Crippen LogP contribution in [0, 0.1) is 0 Å². The van der Waals surface area contributed by atoms with Gasteiger partial charge < -0.3 is 15.0 Å². The minimum atomic E-state index is -0.202. The topological polar surface area (TPSA) is 67.3 Å².